The third kappa shape index (κ3) is 3.05. The van der Waals surface area contributed by atoms with E-state index in [4.69, 9.17) is 9.47 Å². The summed E-state index contributed by atoms with van der Waals surface area (Å²) < 4.78 is 11.0. The monoisotopic (exact) mass is 339 g/mol. The summed E-state index contributed by atoms with van der Waals surface area (Å²) in [7, 11) is 1.60. The Morgan fingerprint density at radius 2 is 2.12 bits per heavy atom. The molecule has 4 rings (SSSR count). The summed E-state index contributed by atoms with van der Waals surface area (Å²) in [5, 5.41) is 3.34. The highest BCUT2D eigenvalue weighted by atomic mass is 16.5. The van der Waals surface area contributed by atoms with E-state index in [9.17, 15) is 4.79 Å². The second kappa shape index (κ2) is 6.72. The SMILES string of the molecule is COc1ccncc1C1Cc2ccc(N3CCNCC3)cc2OC1=O. The third-order valence-corrected chi connectivity index (χ3v) is 4.86. The Hall–Kier alpha value is -2.60. The Balaban J connectivity index is 1.61. The van der Waals surface area contributed by atoms with Crippen LogP contribution in [0, 0.1) is 0 Å². The number of nitrogens with one attached hydrogen (secondary N) is 1. The topological polar surface area (TPSA) is 63.7 Å². The van der Waals surface area contributed by atoms with Crippen molar-refractivity contribution in [1.29, 1.82) is 0 Å². The van der Waals surface area contributed by atoms with Gasteiger partial charge < -0.3 is 19.7 Å². The number of esters is 1. The van der Waals surface area contributed by atoms with Crippen molar-refractivity contribution in [1.82, 2.24) is 10.3 Å². The van der Waals surface area contributed by atoms with Gasteiger partial charge in [-0.3, -0.25) is 9.78 Å². The van der Waals surface area contributed by atoms with E-state index >= 15 is 0 Å². The van der Waals surface area contributed by atoms with Gasteiger partial charge in [0.05, 0.1) is 13.0 Å². The average molecular weight is 339 g/mol. The zero-order valence-electron chi connectivity index (χ0n) is 14.2. The van der Waals surface area contributed by atoms with E-state index in [2.05, 4.69) is 27.3 Å². The Labute approximate surface area is 146 Å². The van der Waals surface area contributed by atoms with Crippen LogP contribution in [0.1, 0.15) is 17.0 Å². The van der Waals surface area contributed by atoms with Crippen LogP contribution in [0.25, 0.3) is 0 Å². The minimum absolute atomic E-state index is 0.253. The largest absolute Gasteiger partial charge is 0.496 e. The number of pyridine rings is 1. The van der Waals surface area contributed by atoms with Crippen LogP contribution in [-0.2, 0) is 11.2 Å². The van der Waals surface area contributed by atoms with E-state index in [1.807, 2.05) is 6.07 Å². The number of methoxy groups -OCH3 is 1. The summed E-state index contributed by atoms with van der Waals surface area (Å²) in [4.78, 5) is 19.0. The number of anilines is 1. The number of piperazine rings is 1. The molecule has 0 radical (unpaired) electrons. The van der Waals surface area contributed by atoms with Crippen molar-refractivity contribution >= 4 is 11.7 Å². The van der Waals surface area contributed by atoms with Gasteiger partial charge in [0, 0.05) is 55.9 Å². The minimum Gasteiger partial charge on any atom is -0.496 e. The van der Waals surface area contributed by atoms with Gasteiger partial charge in [0.15, 0.2) is 0 Å². The fraction of sp³-hybridized carbons (Fsp3) is 0.368. The van der Waals surface area contributed by atoms with Gasteiger partial charge in [-0.1, -0.05) is 6.07 Å². The van der Waals surface area contributed by atoms with Crippen LogP contribution in [-0.4, -0.2) is 44.2 Å². The Morgan fingerprint density at radius 1 is 1.28 bits per heavy atom. The molecule has 1 saturated heterocycles. The van der Waals surface area contributed by atoms with Crippen molar-refractivity contribution in [2.75, 3.05) is 38.2 Å². The Bertz CT molecular complexity index is 787. The van der Waals surface area contributed by atoms with Crippen molar-refractivity contribution in [3.8, 4) is 11.5 Å². The van der Waals surface area contributed by atoms with Gasteiger partial charge in [0.1, 0.15) is 11.5 Å². The lowest BCUT2D eigenvalue weighted by atomic mass is 9.90. The summed E-state index contributed by atoms with van der Waals surface area (Å²) in [5.74, 6) is 0.690. The van der Waals surface area contributed by atoms with Crippen LogP contribution in [0.3, 0.4) is 0 Å². The molecule has 0 spiro atoms. The van der Waals surface area contributed by atoms with Gasteiger partial charge in [-0.05, 0) is 24.1 Å². The Kier molecular flexibility index (Phi) is 4.28. The summed E-state index contributed by atoms with van der Waals surface area (Å²) in [6.07, 6.45) is 3.94. The summed E-state index contributed by atoms with van der Waals surface area (Å²) in [5.41, 5.74) is 2.91. The van der Waals surface area contributed by atoms with Crippen LogP contribution in [0.15, 0.2) is 36.7 Å². The van der Waals surface area contributed by atoms with E-state index < -0.39 is 0 Å². The molecule has 6 heteroatoms. The molecular formula is C19H21N3O3. The van der Waals surface area contributed by atoms with Gasteiger partial charge in [-0.25, -0.2) is 0 Å². The highest BCUT2D eigenvalue weighted by molar-refractivity contribution is 5.84. The molecule has 2 aliphatic heterocycles. The molecule has 1 fully saturated rings. The highest BCUT2D eigenvalue weighted by Crippen LogP contribution is 2.38. The zero-order chi connectivity index (χ0) is 17.2. The number of aromatic nitrogens is 1. The average Bonchev–Trinajstić information content (AvgIpc) is 2.67. The second-order valence-corrected chi connectivity index (χ2v) is 6.32. The normalized spacial score (nSPS) is 20.0. The first-order chi connectivity index (χ1) is 12.3. The Morgan fingerprint density at radius 3 is 2.92 bits per heavy atom. The van der Waals surface area contributed by atoms with Crippen LogP contribution in [0.4, 0.5) is 5.69 Å². The zero-order valence-corrected chi connectivity index (χ0v) is 14.2. The number of hydrogen-bond donors (Lipinski definition) is 1. The first-order valence-electron chi connectivity index (χ1n) is 8.54. The van der Waals surface area contributed by atoms with Crippen LogP contribution >= 0.6 is 0 Å². The molecule has 1 atom stereocenters. The van der Waals surface area contributed by atoms with Crippen LogP contribution in [0.2, 0.25) is 0 Å². The van der Waals surface area contributed by atoms with E-state index in [0.717, 1.165) is 43.0 Å². The molecule has 6 nitrogen and oxygen atoms in total. The number of benzene rings is 1. The molecule has 3 heterocycles. The lowest BCUT2D eigenvalue weighted by Crippen LogP contribution is -2.43. The van der Waals surface area contributed by atoms with Gasteiger partial charge in [-0.2, -0.15) is 0 Å². The lowest BCUT2D eigenvalue weighted by Gasteiger charge is -2.31. The fourth-order valence-corrected chi connectivity index (χ4v) is 3.49. The van der Waals surface area contributed by atoms with Crippen molar-refractivity contribution in [2.45, 2.75) is 12.3 Å². The standard InChI is InChI=1S/C19H21N3O3/c1-24-17-4-5-21-12-16(17)15-10-13-2-3-14(11-18(13)25-19(15)23)22-8-6-20-7-9-22/h2-5,11-12,15,20H,6-10H2,1H3. The number of rotatable bonds is 3. The van der Waals surface area contributed by atoms with Crippen molar-refractivity contribution < 1.29 is 14.3 Å². The predicted octanol–water partition coefficient (Wildman–Crippen LogP) is 1.75. The lowest BCUT2D eigenvalue weighted by molar-refractivity contribution is -0.137. The minimum atomic E-state index is -0.388. The number of ether oxygens (including phenoxy) is 2. The van der Waals surface area contributed by atoms with E-state index in [-0.39, 0.29) is 11.9 Å². The molecule has 1 aromatic heterocycles. The summed E-state index contributed by atoms with van der Waals surface area (Å²) >= 11 is 0. The molecule has 2 aromatic rings. The maximum Gasteiger partial charge on any atom is 0.319 e. The van der Waals surface area contributed by atoms with Crippen LogP contribution < -0.4 is 19.7 Å². The second-order valence-electron chi connectivity index (χ2n) is 6.32. The van der Waals surface area contributed by atoms with Gasteiger partial charge in [0.25, 0.3) is 0 Å². The molecular weight excluding hydrogens is 318 g/mol. The number of fused-ring (bicyclic) bond motifs is 1. The van der Waals surface area contributed by atoms with Gasteiger partial charge in [0.2, 0.25) is 0 Å². The summed E-state index contributed by atoms with van der Waals surface area (Å²) in [6.45, 7) is 3.87. The van der Waals surface area contributed by atoms with Crippen LogP contribution in [0.5, 0.6) is 11.5 Å². The van der Waals surface area contributed by atoms with Crippen molar-refractivity contribution in [3.63, 3.8) is 0 Å². The molecule has 2 aliphatic rings. The summed E-state index contributed by atoms with van der Waals surface area (Å²) in [6, 6.07) is 7.93. The molecule has 1 aromatic carbocycles. The van der Waals surface area contributed by atoms with Gasteiger partial charge in [-0.15, -0.1) is 0 Å². The van der Waals surface area contributed by atoms with E-state index in [1.54, 1.807) is 25.6 Å². The van der Waals surface area contributed by atoms with Crippen molar-refractivity contribution in [3.05, 3.63) is 47.8 Å². The molecule has 0 bridgehead atoms. The predicted molar refractivity (Wildman–Crippen MR) is 94.4 cm³/mol. The van der Waals surface area contributed by atoms with Gasteiger partial charge >= 0.3 is 5.97 Å². The van der Waals surface area contributed by atoms with E-state index in [1.165, 1.54) is 0 Å². The van der Waals surface area contributed by atoms with E-state index in [0.29, 0.717) is 17.9 Å². The molecule has 1 unspecified atom stereocenters. The first-order valence-corrected chi connectivity index (χ1v) is 8.54. The van der Waals surface area contributed by atoms with Crippen molar-refractivity contribution in [2.24, 2.45) is 0 Å². The maximum absolute atomic E-state index is 12.6. The third-order valence-electron chi connectivity index (χ3n) is 4.86. The molecule has 25 heavy (non-hydrogen) atoms. The first kappa shape index (κ1) is 15.9. The molecule has 0 amide bonds. The highest BCUT2D eigenvalue weighted by Gasteiger charge is 2.32. The number of carbonyl (C=O) groups excluding carboxylic acids is 1. The maximum atomic E-state index is 12.6. The molecule has 130 valence electrons. The number of carbonyl (C=O) groups is 1. The number of nitrogens with zero attached hydrogens (tertiary/aromatic N) is 2. The molecule has 0 saturated carbocycles. The quantitative estimate of drug-likeness (QED) is 0.679. The number of hydrogen-bond acceptors (Lipinski definition) is 6. The molecule has 1 N–H and O–H groups in total. The molecule has 0 aliphatic carbocycles. The smallest absolute Gasteiger partial charge is 0.319 e. The fourth-order valence-electron chi connectivity index (χ4n) is 3.49.